The highest BCUT2D eigenvalue weighted by molar-refractivity contribution is 6.31. The smallest absolute Gasteiger partial charge is 0.278 e. The Kier molecular flexibility index (Phi) is 10.5. The van der Waals surface area contributed by atoms with Crippen molar-refractivity contribution >= 4 is 51.8 Å². The van der Waals surface area contributed by atoms with E-state index in [0.29, 0.717) is 59.0 Å². The fraction of sp³-hybridized carbons (Fsp3) is 0.422. The zero-order valence-corrected chi connectivity index (χ0v) is 36.0. The molecule has 5 aromatic rings. The maximum Gasteiger partial charge on any atom is 0.278 e. The van der Waals surface area contributed by atoms with Gasteiger partial charge in [0, 0.05) is 72.7 Å². The fourth-order valence-corrected chi connectivity index (χ4v) is 10.2. The quantitative estimate of drug-likeness (QED) is 0.198. The number of halogens is 1. The first-order valence-corrected chi connectivity index (χ1v) is 21.5. The normalized spacial score (nSPS) is 22.1. The molecule has 3 saturated heterocycles. The number of fused-ring (bicyclic) bond motifs is 1. The first-order valence-electron chi connectivity index (χ1n) is 21.1. The van der Waals surface area contributed by atoms with Gasteiger partial charge in [-0.1, -0.05) is 49.7 Å². The van der Waals surface area contributed by atoms with Crippen LogP contribution in [0.15, 0.2) is 71.7 Å². The van der Waals surface area contributed by atoms with Gasteiger partial charge in [-0.2, -0.15) is 9.94 Å². The molecule has 1 unspecified atom stereocenters. The second-order valence-electron chi connectivity index (χ2n) is 18.1. The van der Waals surface area contributed by atoms with Crippen LogP contribution in [0.25, 0.3) is 16.6 Å². The van der Waals surface area contributed by atoms with Crippen molar-refractivity contribution < 1.29 is 23.9 Å². The molecule has 1 aliphatic carbocycles. The molecule has 9 rings (SSSR count). The number of carbonyl (C=O) groups is 4. The van der Waals surface area contributed by atoms with Crippen LogP contribution in [0.2, 0.25) is 5.02 Å². The van der Waals surface area contributed by atoms with E-state index in [0.717, 1.165) is 34.6 Å². The van der Waals surface area contributed by atoms with Crippen molar-refractivity contribution in [2.24, 2.45) is 16.7 Å². The van der Waals surface area contributed by atoms with Crippen LogP contribution in [-0.4, -0.2) is 96.8 Å². The molecule has 0 radical (unpaired) electrons. The minimum absolute atomic E-state index is 0.107. The number of nitrogens with one attached hydrogen (secondary N) is 2. The van der Waals surface area contributed by atoms with Gasteiger partial charge in [-0.15, -0.1) is 10.2 Å². The highest BCUT2D eigenvalue weighted by Gasteiger charge is 2.64. The highest BCUT2D eigenvalue weighted by atomic mass is 35.5. The molecule has 3 aliphatic heterocycles. The van der Waals surface area contributed by atoms with Gasteiger partial charge in [-0.3, -0.25) is 29.3 Å². The third kappa shape index (κ3) is 7.55. The third-order valence-electron chi connectivity index (χ3n) is 13.3. The number of amides is 4. The summed E-state index contributed by atoms with van der Waals surface area (Å²) in [6, 6.07) is 18.5. The number of nitriles is 1. The molecule has 324 valence electrons. The van der Waals surface area contributed by atoms with Crippen molar-refractivity contribution in [2.45, 2.75) is 77.5 Å². The molecule has 5 heterocycles. The van der Waals surface area contributed by atoms with Crippen molar-refractivity contribution in [3.05, 3.63) is 99.1 Å². The Labute approximate surface area is 367 Å². The molecule has 4 fully saturated rings. The van der Waals surface area contributed by atoms with Gasteiger partial charge < -0.3 is 19.9 Å². The lowest BCUT2D eigenvalue weighted by Gasteiger charge is -2.63. The summed E-state index contributed by atoms with van der Waals surface area (Å²) in [6.45, 7) is 10.5. The van der Waals surface area contributed by atoms with Gasteiger partial charge >= 0.3 is 0 Å². The third-order valence-corrected chi connectivity index (χ3v) is 13.6. The molecule has 63 heavy (non-hydrogen) atoms. The van der Waals surface area contributed by atoms with Crippen molar-refractivity contribution in [3.63, 3.8) is 0 Å². The first kappa shape index (κ1) is 41.7. The van der Waals surface area contributed by atoms with Crippen molar-refractivity contribution in [1.82, 2.24) is 45.5 Å². The van der Waals surface area contributed by atoms with Crippen LogP contribution in [-0.2, 0) is 14.4 Å². The number of rotatable bonds is 9. The highest BCUT2D eigenvalue weighted by Crippen LogP contribution is 2.55. The van der Waals surface area contributed by atoms with E-state index in [-0.39, 0.29) is 54.5 Å². The Balaban J connectivity index is 0.760. The van der Waals surface area contributed by atoms with Gasteiger partial charge in [0.15, 0.2) is 0 Å². The summed E-state index contributed by atoms with van der Waals surface area (Å²) in [5.74, 6) is -0.484. The summed E-state index contributed by atoms with van der Waals surface area (Å²) in [5.41, 5.74) is 2.45. The lowest BCUT2D eigenvalue weighted by molar-refractivity contribution is -0.164. The maximum absolute atomic E-state index is 13.5. The van der Waals surface area contributed by atoms with Gasteiger partial charge in [-0.05, 0) is 73.9 Å². The summed E-state index contributed by atoms with van der Waals surface area (Å²) in [6.07, 6.45) is 3.50. The number of aromatic nitrogens is 6. The fourth-order valence-electron chi connectivity index (χ4n) is 10.0. The first-order chi connectivity index (χ1) is 30.1. The molecular weight excluding hydrogens is 826 g/mol. The van der Waals surface area contributed by atoms with Crippen LogP contribution in [0, 0.1) is 28.1 Å². The van der Waals surface area contributed by atoms with E-state index in [2.05, 4.69) is 65.0 Å². The van der Waals surface area contributed by atoms with Gasteiger partial charge in [0.05, 0.1) is 39.5 Å². The predicted molar refractivity (Wildman–Crippen MR) is 230 cm³/mol. The molecule has 17 nitrogen and oxygen atoms in total. The summed E-state index contributed by atoms with van der Waals surface area (Å²) in [5, 5.41) is 32.3. The maximum atomic E-state index is 13.5. The topological polar surface area (TPSA) is 210 Å². The second-order valence-corrected chi connectivity index (χ2v) is 18.6. The van der Waals surface area contributed by atoms with Crippen molar-refractivity contribution in [3.8, 4) is 17.5 Å². The van der Waals surface area contributed by atoms with E-state index in [9.17, 15) is 29.2 Å². The van der Waals surface area contributed by atoms with E-state index >= 15 is 0 Å². The van der Waals surface area contributed by atoms with Crippen LogP contribution in [0.4, 0.5) is 5.69 Å². The average Bonchev–Trinajstić information content (AvgIpc) is 3.75. The number of hydrogen-bond donors (Lipinski definition) is 2. The SMILES string of the molecule is CC1(C)[C@H](NC(=O)c2ccc(-n3cc(C4CCN(C(=O)C5CN(c6ccc7nnn(C8CCC(=O)NC8=O)c(=O)c7c6)C5)CC4)nn3)cc2)C(C)(C)[C@H]1Oc1ccc(C#N)c(Cl)c1. The molecule has 1 atom stereocenters. The number of hydrogen-bond acceptors (Lipinski definition) is 12. The van der Waals surface area contributed by atoms with Crippen LogP contribution in [0.3, 0.4) is 0 Å². The zero-order chi connectivity index (χ0) is 44.4. The Morgan fingerprint density at radius 1 is 0.905 bits per heavy atom. The summed E-state index contributed by atoms with van der Waals surface area (Å²) in [7, 11) is 0. The number of piperidine rings is 2. The monoisotopic (exact) mass is 871 g/mol. The predicted octanol–water partition coefficient (Wildman–Crippen LogP) is 4.33. The van der Waals surface area contributed by atoms with E-state index in [4.69, 9.17) is 16.3 Å². The Morgan fingerprint density at radius 2 is 1.62 bits per heavy atom. The van der Waals surface area contributed by atoms with Gasteiger partial charge in [0.1, 0.15) is 29.5 Å². The van der Waals surface area contributed by atoms with Crippen LogP contribution in [0.5, 0.6) is 5.75 Å². The van der Waals surface area contributed by atoms with Crippen LogP contribution in [0.1, 0.15) is 87.0 Å². The molecule has 18 heteroatoms. The minimum Gasteiger partial charge on any atom is -0.489 e. The zero-order valence-electron chi connectivity index (χ0n) is 35.2. The Morgan fingerprint density at radius 3 is 2.30 bits per heavy atom. The number of benzene rings is 3. The number of ether oxygens (including phenoxy) is 1. The molecule has 1 saturated carbocycles. The molecule has 4 aliphatic rings. The van der Waals surface area contributed by atoms with E-state index in [1.807, 2.05) is 34.2 Å². The summed E-state index contributed by atoms with van der Waals surface area (Å²) in [4.78, 5) is 68.4. The number of carbonyl (C=O) groups excluding carboxylic acids is 4. The molecule has 0 spiro atoms. The van der Waals surface area contributed by atoms with E-state index < -0.39 is 28.3 Å². The minimum atomic E-state index is -0.905. The summed E-state index contributed by atoms with van der Waals surface area (Å²) >= 11 is 6.25. The number of anilines is 1. The van der Waals surface area contributed by atoms with Crippen LogP contribution >= 0.6 is 11.6 Å². The molecule has 2 aromatic heterocycles. The molecule has 0 bridgehead atoms. The van der Waals surface area contributed by atoms with Crippen molar-refractivity contribution in [1.29, 1.82) is 5.26 Å². The largest absolute Gasteiger partial charge is 0.489 e. The average molecular weight is 872 g/mol. The van der Waals surface area contributed by atoms with E-state index in [1.165, 1.54) is 0 Å². The number of nitrogens with zero attached hydrogens (tertiary/aromatic N) is 9. The molecule has 2 N–H and O–H groups in total. The van der Waals surface area contributed by atoms with Crippen molar-refractivity contribution in [2.75, 3.05) is 31.1 Å². The number of imide groups is 1. The Bertz CT molecular complexity index is 2750. The second kappa shape index (κ2) is 15.9. The van der Waals surface area contributed by atoms with E-state index in [1.54, 1.807) is 47.1 Å². The summed E-state index contributed by atoms with van der Waals surface area (Å²) < 4.78 is 9.12. The standard InChI is InChI=1S/C45H46ClN11O6/c1-44(2)42(45(3,4)43(44)63-31-11-7-27(21-47)33(46)20-31)49-38(59)26-5-8-29(9-6-26)56-24-35(51-52-56)25-15-17-54(18-16-25)40(61)28-22-55(23-28)30-10-12-34-32(19-30)41(62)57(53-50-34)36-13-14-37(58)48-39(36)60/h5-12,19-20,24-25,28,36,42-43H,13-18,22-23H2,1-4H3,(H,49,59)(H,48,58,60)/t36?,42-,43-. The molecule has 3 aromatic carbocycles. The molecule has 4 amide bonds. The Hall–Kier alpha value is -6.67. The van der Waals surface area contributed by atoms with Gasteiger partial charge in [-0.25, -0.2) is 4.68 Å². The number of likely N-dealkylation sites (tertiary alicyclic amines) is 1. The van der Waals surface area contributed by atoms with Gasteiger partial charge in [0.2, 0.25) is 11.8 Å². The molecular formula is C45H46ClN11O6. The van der Waals surface area contributed by atoms with Crippen LogP contribution < -0.4 is 25.8 Å². The lowest BCUT2D eigenvalue weighted by atomic mass is 9.49. The lowest BCUT2D eigenvalue weighted by Crippen LogP contribution is -2.74. The van der Waals surface area contributed by atoms with Gasteiger partial charge in [0.25, 0.3) is 17.4 Å².